The number of carbonyl (C=O) groups excluding carboxylic acids is 1. The largest absolute Gasteiger partial charge is 0.477 e. The number of aromatic nitrogens is 4. The van der Waals surface area contributed by atoms with Gasteiger partial charge in [0.2, 0.25) is 11.8 Å². The molecule has 7 nitrogen and oxygen atoms in total. The minimum Gasteiger partial charge on any atom is -0.477 e. The van der Waals surface area contributed by atoms with E-state index < -0.39 is 0 Å². The van der Waals surface area contributed by atoms with Crippen molar-refractivity contribution >= 4 is 35.1 Å². The van der Waals surface area contributed by atoms with E-state index in [0.29, 0.717) is 23.1 Å². The van der Waals surface area contributed by atoms with Gasteiger partial charge in [0.25, 0.3) is 0 Å². The molecule has 8 heteroatoms. The second kappa shape index (κ2) is 9.47. The summed E-state index contributed by atoms with van der Waals surface area (Å²) in [6.07, 6.45) is 4.08. The quantitative estimate of drug-likeness (QED) is 0.429. The molecule has 0 saturated heterocycles. The molecule has 0 aliphatic carbocycles. The first kappa shape index (κ1) is 20.7. The van der Waals surface area contributed by atoms with Gasteiger partial charge in [0.15, 0.2) is 10.6 Å². The molecule has 1 aromatic carbocycles. The molecule has 0 spiro atoms. The van der Waals surface area contributed by atoms with Gasteiger partial charge in [-0.05, 0) is 50.7 Å². The molecule has 0 aliphatic heterocycles. The van der Waals surface area contributed by atoms with E-state index in [0.717, 1.165) is 22.9 Å². The molecule has 2 aromatic heterocycles. The van der Waals surface area contributed by atoms with Gasteiger partial charge in [0, 0.05) is 23.1 Å². The van der Waals surface area contributed by atoms with E-state index in [-0.39, 0.29) is 18.5 Å². The van der Waals surface area contributed by atoms with Gasteiger partial charge in [-0.15, -0.1) is 0 Å². The van der Waals surface area contributed by atoms with Crippen LogP contribution in [0.4, 0.5) is 0 Å². The topological polar surface area (TPSA) is 84.8 Å². The van der Waals surface area contributed by atoms with Crippen LogP contribution in [0.25, 0.3) is 17.0 Å². The van der Waals surface area contributed by atoms with Crippen LogP contribution < -0.4 is 10.1 Å². The monoisotopic (exact) mass is 411 g/mol. The summed E-state index contributed by atoms with van der Waals surface area (Å²) >= 11 is 5.23. The maximum atomic E-state index is 12.3. The number of aromatic amines is 1. The number of nitrogens with one attached hydrogen (secondary N) is 2. The minimum atomic E-state index is -0.233. The van der Waals surface area contributed by atoms with Crippen LogP contribution in [-0.4, -0.2) is 32.3 Å². The molecular formula is C21H25N5O2S. The van der Waals surface area contributed by atoms with Crippen molar-refractivity contribution in [2.24, 2.45) is 0 Å². The fourth-order valence-electron chi connectivity index (χ4n) is 2.93. The Hall–Kier alpha value is -3.00. The molecule has 29 heavy (non-hydrogen) atoms. The lowest BCUT2D eigenvalue weighted by Crippen LogP contribution is -2.23. The van der Waals surface area contributed by atoms with Crippen LogP contribution in [-0.2, 0) is 11.3 Å². The summed E-state index contributed by atoms with van der Waals surface area (Å²) in [7, 11) is 0. The van der Waals surface area contributed by atoms with Crippen molar-refractivity contribution in [1.29, 1.82) is 0 Å². The average molecular weight is 412 g/mol. The molecule has 2 N–H and O–H groups in total. The molecule has 3 aromatic rings. The van der Waals surface area contributed by atoms with Gasteiger partial charge in [0.1, 0.15) is 0 Å². The fraction of sp³-hybridized carbons (Fsp3) is 0.333. The summed E-state index contributed by atoms with van der Waals surface area (Å²) in [4.78, 5) is 16.9. The summed E-state index contributed by atoms with van der Waals surface area (Å²) in [5, 5.41) is 10.8. The SMILES string of the molecule is CCCOc1nc2ccccc2cc1C=CC(=O)NCc1n[nH]c(=S)n1C(C)C. The summed E-state index contributed by atoms with van der Waals surface area (Å²) in [6.45, 7) is 6.92. The number of pyridine rings is 1. The van der Waals surface area contributed by atoms with Gasteiger partial charge >= 0.3 is 0 Å². The minimum absolute atomic E-state index is 0.158. The fourth-order valence-corrected chi connectivity index (χ4v) is 3.30. The highest BCUT2D eigenvalue weighted by Crippen LogP contribution is 2.23. The Morgan fingerprint density at radius 2 is 2.17 bits per heavy atom. The first-order chi connectivity index (χ1) is 14.0. The number of H-pyrrole nitrogens is 1. The molecule has 3 rings (SSSR count). The zero-order valence-corrected chi connectivity index (χ0v) is 17.6. The Labute approximate surface area is 174 Å². The van der Waals surface area contributed by atoms with E-state index in [4.69, 9.17) is 17.0 Å². The van der Waals surface area contributed by atoms with Crippen molar-refractivity contribution in [3.05, 3.63) is 52.6 Å². The predicted molar refractivity (Wildman–Crippen MR) is 116 cm³/mol. The molecule has 152 valence electrons. The molecule has 0 bridgehead atoms. The number of carbonyl (C=O) groups is 1. The lowest BCUT2D eigenvalue weighted by Gasteiger charge is -2.10. The number of rotatable bonds is 8. The first-order valence-electron chi connectivity index (χ1n) is 9.64. The standard InChI is InChI=1S/C21H25N5O2S/c1-4-11-28-20-16(12-15-7-5-6-8-17(15)23-20)9-10-19(27)22-13-18-24-25-21(29)26(18)14(2)3/h5-10,12,14H,4,11,13H2,1-3H3,(H,22,27)(H,25,29). The average Bonchev–Trinajstić information content (AvgIpc) is 3.09. The van der Waals surface area contributed by atoms with E-state index in [1.807, 2.05) is 55.7 Å². The van der Waals surface area contributed by atoms with Crippen molar-refractivity contribution in [3.63, 3.8) is 0 Å². The lowest BCUT2D eigenvalue weighted by atomic mass is 10.1. The highest BCUT2D eigenvalue weighted by atomic mass is 32.1. The van der Waals surface area contributed by atoms with Gasteiger partial charge in [-0.2, -0.15) is 5.10 Å². The number of nitrogens with zero attached hydrogens (tertiary/aromatic N) is 3. The lowest BCUT2D eigenvalue weighted by molar-refractivity contribution is -0.116. The van der Waals surface area contributed by atoms with Gasteiger partial charge in [0.05, 0.1) is 18.7 Å². The van der Waals surface area contributed by atoms with Crippen molar-refractivity contribution in [2.75, 3.05) is 6.61 Å². The van der Waals surface area contributed by atoms with E-state index in [1.165, 1.54) is 6.08 Å². The highest BCUT2D eigenvalue weighted by Gasteiger charge is 2.10. The van der Waals surface area contributed by atoms with Crippen LogP contribution in [0.2, 0.25) is 0 Å². The third kappa shape index (κ3) is 5.08. The van der Waals surface area contributed by atoms with Crippen LogP contribution >= 0.6 is 12.2 Å². The maximum Gasteiger partial charge on any atom is 0.244 e. The Balaban J connectivity index is 1.75. The normalized spacial score (nSPS) is 11.4. The Morgan fingerprint density at radius 1 is 1.38 bits per heavy atom. The third-order valence-corrected chi connectivity index (χ3v) is 4.58. The number of hydrogen-bond donors (Lipinski definition) is 2. The molecule has 0 radical (unpaired) electrons. The van der Waals surface area contributed by atoms with Crippen LogP contribution in [0.3, 0.4) is 0 Å². The molecule has 0 fully saturated rings. The Bertz CT molecular complexity index is 1080. The number of amides is 1. The zero-order valence-electron chi connectivity index (χ0n) is 16.8. The number of fused-ring (bicyclic) bond motifs is 1. The summed E-state index contributed by atoms with van der Waals surface area (Å²) < 4.78 is 8.20. The van der Waals surface area contributed by atoms with Crippen molar-refractivity contribution in [2.45, 2.75) is 39.8 Å². The summed E-state index contributed by atoms with van der Waals surface area (Å²) in [6, 6.07) is 9.95. The summed E-state index contributed by atoms with van der Waals surface area (Å²) in [5.41, 5.74) is 1.62. The molecule has 2 heterocycles. The molecule has 0 unspecified atom stereocenters. The second-order valence-electron chi connectivity index (χ2n) is 6.88. The van der Waals surface area contributed by atoms with Gasteiger partial charge in [-0.1, -0.05) is 25.1 Å². The number of ether oxygens (including phenoxy) is 1. The van der Waals surface area contributed by atoms with Crippen LogP contribution in [0, 0.1) is 4.77 Å². The van der Waals surface area contributed by atoms with Crippen LogP contribution in [0.15, 0.2) is 36.4 Å². The number of hydrogen-bond acceptors (Lipinski definition) is 5. The van der Waals surface area contributed by atoms with E-state index in [2.05, 4.69) is 20.5 Å². The van der Waals surface area contributed by atoms with Gasteiger partial charge in [-0.3, -0.25) is 9.89 Å². The molecular weight excluding hydrogens is 386 g/mol. The number of para-hydroxylation sites is 1. The Morgan fingerprint density at radius 3 is 2.93 bits per heavy atom. The van der Waals surface area contributed by atoms with Gasteiger partial charge < -0.3 is 14.6 Å². The van der Waals surface area contributed by atoms with Crippen molar-refractivity contribution < 1.29 is 9.53 Å². The molecule has 0 saturated carbocycles. The van der Waals surface area contributed by atoms with E-state index in [9.17, 15) is 4.79 Å². The van der Waals surface area contributed by atoms with Crippen molar-refractivity contribution in [1.82, 2.24) is 25.1 Å². The van der Waals surface area contributed by atoms with Gasteiger partial charge in [-0.25, -0.2) is 4.98 Å². The second-order valence-corrected chi connectivity index (χ2v) is 7.27. The predicted octanol–water partition coefficient (Wildman–Crippen LogP) is 4.19. The van der Waals surface area contributed by atoms with Crippen LogP contribution in [0.1, 0.15) is 44.6 Å². The molecule has 1 amide bonds. The zero-order chi connectivity index (χ0) is 20.8. The van der Waals surface area contributed by atoms with Crippen LogP contribution in [0.5, 0.6) is 5.88 Å². The Kier molecular flexibility index (Phi) is 6.77. The number of benzene rings is 1. The maximum absolute atomic E-state index is 12.3. The van der Waals surface area contributed by atoms with E-state index >= 15 is 0 Å². The molecule has 0 aliphatic rings. The van der Waals surface area contributed by atoms with E-state index in [1.54, 1.807) is 6.08 Å². The first-order valence-corrected chi connectivity index (χ1v) is 10.0. The molecule has 0 atom stereocenters. The van der Waals surface area contributed by atoms with Crippen molar-refractivity contribution in [3.8, 4) is 5.88 Å². The highest BCUT2D eigenvalue weighted by molar-refractivity contribution is 7.71. The summed E-state index contributed by atoms with van der Waals surface area (Å²) in [5.74, 6) is 0.977. The smallest absolute Gasteiger partial charge is 0.244 e. The third-order valence-electron chi connectivity index (χ3n) is 4.29.